The second kappa shape index (κ2) is 8.54. The summed E-state index contributed by atoms with van der Waals surface area (Å²) >= 11 is 0. The Morgan fingerprint density at radius 3 is 2.07 bits per heavy atom. The van der Waals surface area contributed by atoms with Gasteiger partial charge >= 0.3 is 0 Å². The summed E-state index contributed by atoms with van der Waals surface area (Å²) in [5.41, 5.74) is 5.56. The topological polar surface area (TPSA) is 35.5 Å². The van der Waals surface area contributed by atoms with E-state index in [0.29, 0.717) is 0 Å². The maximum atomic E-state index is 13.0. The van der Waals surface area contributed by atoms with Crippen LogP contribution < -0.4 is 10.0 Å². The van der Waals surface area contributed by atoms with Crippen LogP contribution >= 0.6 is 8.58 Å². The van der Waals surface area contributed by atoms with E-state index in [4.69, 9.17) is 9.47 Å². The van der Waals surface area contributed by atoms with Crippen molar-refractivity contribution < 1.29 is 14.3 Å². The third-order valence-electron chi connectivity index (χ3n) is 4.71. The Morgan fingerprint density at radius 2 is 1.59 bits per heavy atom. The molecule has 0 aliphatic heterocycles. The number of ether oxygens (including phenoxy) is 2. The number of hydrogen-bond acceptors (Lipinski definition) is 3. The van der Waals surface area contributed by atoms with Crippen LogP contribution in [-0.2, 0) is 10.2 Å². The van der Waals surface area contributed by atoms with Gasteiger partial charge in [-0.25, -0.2) is 0 Å². The molecule has 2 unspecified atom stereocenters. The molecule has 0 spiro atoms. The van der Waals surface area contributed by atoms with Gasteiger partial charge < -0.3 is 9.47 Å². The highest BCUT2D eigenvalue weighted by Gasteiger charge is 2.20. The maximum Gasteiger partial charge on any atom is 0.196 e. The summed E-state index contributed by atoms with van der Waals surface area (Å²) in [6.45, 7) is 14.5. The van der Waals surface area contributed by atoms with Crippen LogP contribution in [0.3, 0.4) is 0 Å². The first-order valence-electron chi connectivity index (χ1n) is 9.26. The molecule has 0 aliphatic carbocycles. The molecule has 2 rings (SSSR count). The maximum absolute atomic E-state index is 13.0. The van der Waals surface area contributed by atoms with E-state index in [1.807, 2.05) is 45.9 Å². The Labute approximate surface area is 165 Å². The smallest absolute Gasteiger partial charge is 0.196 e. The molecule has 2 aromatic carbocycles. The average Bonchev–Trinajstić information content (AvgIpc) is 2.55. The van der Waals surface area contributed by atoms with Gasteiger partial charge in [0, 0.05) is 12.7 Å². The number of hydrogen-bond donors (Lipinski definition) is 0. The molecule has 0 aliphatic rings. The predicted octanol–water partition coefficient (Wildman–Crippen LogP) is 5.42. The zero-order chi connectivity index (χ0) is 20.4. The first-order chi connectivity index (χ1) is 12.5. The molecule has 0 amide bonds. The molecule has 4 heteroatoms. The third-order valence-corrected chi connectivity index (χ3v) is 6.01. The van der Waals surface area contributed by atoms with E-state index in [-0.39, 0.29) is 25.8 Å². The van der Waals surface area contributed by atoms with Crippen LogP contribution in [-0.4, -0.2) is 18.9 Å². The van der Waals surface area contributed by atoms with E-state index in [0.717, 1.165) is 33.3 Å². The van der Waals surface area contributed by atoms with E-state index < -0.39 is 0 Å². The molecule has 2 aromatic rings. The minimum Gasteiger partial charge on any atom is -0.465 e. The summed E-state index contributed by atoms with van der Waals surface area (Å²) in [6.07, 6.45) is -0.300. The fourth-order valence-electron chi connectivity index (χ4n) is 3.03. The van der Waals surface area contributed by atoms with Crippen molar-refractivity contribution in [2.75, 3.05) is 7.11 Å². The van der Waals surface area contributed by atoms with Crippen LogP contribution in [0.4, 0.5) is 0 Å². The molecule has 0 saturated carbocycles. The zero-order valence-electron chi connectivity index (χ0n) is 17.7. The van der Waals surface area contributed by atoms with Crippen molar-refractivity contribution in [3.63, 3.8) is 0 Å². The van der Waals surface area contributed by atoms with Gasteiger partial charge in [-0.1, -0.05) is 39.0 Å². The van der Waals surface area contributed by atoms with E-state index in [9.17, 15) is 4.79 Å². The second-order valence-electron chi connectivity index (χ2n) is 8.09. The van der Waals surface area contributed by atoms with Gasteiger partial charge in [0.15, 0.2) is 11.8 Å². The molecule has 3 nitrogen and oxygen atoms in total. The van der Waals surface area contributed by atoms with Crippen molar-refractivity contribution >= 4 is 19.4 Å². The Kier molecular flexibility index (Phi) is 6.83. The zero-order valence-corrected chi connectivity index (χ0v) is 18.7. The first kappa shape index (κ1) is 21.6. The van der Waals surface area contributed by atoms with Gasteiger partial charge in [0.05, 0.1) is 0 Å². The summed E-state index contributed by atoms with van der Waals surface area (Å²) < 4.78 is 10.8. The molecule has 27 heavy (non-hydrogen) atoms. The Hall–Kier alpha value is -1.70. The monoisotopic (exact) mass is 386 g/mol. The summed E-state index contributed by atoms with van der Waals surface area (Å²) in [5, 5.41) is 1.05. The standard InChI is InChI=1S/C23H31O3P/c1-14-13-19(26-17(4)25-8)9-10-20(14)27-22(24)21-15(2)11-18(12-16(21)3)23(5,6)7/h9-13,17,27H,1-8H3. The van der Waals surface area contributed by atoms with Gasteiger partial charge in [-0.2, -0.15) is 0 Å². The van der Waals surface area contributed by atoms with Crippen LogP contribution in [0.2, 0.25) is 0 Å². The van der Waals surface area contributed by atoms with Crippen molar-refractivity contribution in [3.05, 3.63) is 58.1 Å². The number of carbonyl (C=O) groups excluding carboxylic acids is 1. The number of rotatable bonds is 6. The van der Waals surface area contributed by atoms with Gasteiger partial charge in [0.1, 0.15) is 5.75 Å². The summed E-state index contributed by atoms with van der Waals surface area (Å²) in [6, 6.07) is 10.2. The van der Waals surface area contributed by atoms with E-state index in [1.165, 1.54) is 5.56 Å². The Morgan fingerprint density at radius 1 is 1.00 bits per heavy atom. The van der Waals surface area contributed by atoms with E-state index in [1.54, 1.807) is 7.11 Å². The molecule has 146 valence electrons. The molecular formula is C23H31O3P. The molecule has 0 bridgehead atoms. The lowest BCUT2D eigenvalue weighted by molar-refractivity contribution is -0.0382. The van der Waals surface area contributed by atoms with Gasteiger partial charge in [-0.15, -0.1) is 0 Å². The number of aryl methyl sites for hydroxylation is 3. The van der Waals surface area contributed by atoms with Crippen LogP contribution in [0.5, 0.6) is 5.75 Å². The lowest BCUT2D eigenvalue weighted by atomic mass is 9.84. The van der Waals surface area contributed by atoms with E-state index >= 15 is 0 Å². The number of carbonyl (C=O) groups is 1. The van der Waals surface area contributed by atoms with Crippen molar-refractivity contribution in [3.8, 4) is 5.75 Å². The lowest BCUT2D eigenvalue weighted by Crippen LogP contribution is -2.15. The van der Waals surface area contributed by atoms with Crippen LogP contribution in [0.1, 0.15) is 60.3 Å². The quantitative estimate of drug-likeness (QED) is 0.491. The van der Waals surface area contributed by atoms with Crippen molar-refractivity contribution in [1.29, 1.82) is 0 Å². The fraction of sp³-hybridized carbons (Fsp3) is 0.435. The lowest BCUT2D eigenvalue weighted by Gasteiger charge is -2.22. The molecular weight excluding hydrogens is 355 g/mol. The SMILES string of the molecule is COC(C)Oc1ccc(PC(=O)c2c(C)cc(C(C)(C)C)cc2C)c(C)c1. The first-order valence-corrected chi connectivity index (χ1v) is 10.3. The molecule has 0 fully saturated rings. The van der Waals surface area contributed by atoms with E-state index in [2.05, 4.69) is 32.9 Å². The van der Waals surface area contributed by atoms with Crippen LogP contribution in [0.25, 0.3) is 0 Å². The number of benzene rings is 2. The summed E-state index contributed by atoms with van der Waals surface area (Å²) in [4.78, 5) is 13.0. The highest BCUT2D eigenvalue weighted by molar-refractivity contribution is 7.66. The van der Waals surface area contributed by atoms with Crippen molar-refractivity contribution in [2.24, 2.45) is 0 Å². The van der Waals surface area contributed by atoms with Crippen molar-refractivity contribution in [2.45, 2.75) is 60.2 Å². The highest BCUT2D eigenvalue weighted by Crippen LogP contribution is 2.31. The van der Waals surface area contributed by atoms with Gasteiger partial charge in [-0.3, -0.25) is 4.79 Å². The molecule has 2 atom stereocenters. The summed E-state index contributed by atoms with van der Waals surface area (Å²) in [7, 11) is 1.71. The fourth-order valence-corrected chi connectivity index (χ4v) is 4.23. The molecule has 0 aromatic heterocycles. The highest BCUT2D eigenvalue weighted by atomic mass is 31.1. The molecule has 0 saturated heterocycles. The Bertz CT molecular complexity index is 811. The third kappa shape index (κ3) is 5.40. The van der Waals surface area contributed by atoms with Gasteiger partial charge in [0.25, 0.3) is 0 Å². The largest absolute Gasteiger partial charge is 0.465 e. The second-order valence-corrected chi connectivity index (χ2v) is 9.33. The van der Waals surface area contributed by atoms with Gasteiger partial charge in [0.2, 0.25) is 0 Å². The Balaban J connectivity index is 2.25. The van der Waals surface area contributed by atoms with Gasteiger partial charge in [-0.05, 0) is 81.4 Å². The van der Waals surface area contributed by atoms with Crippen LogP contribution in [0.15, 0.2) is 30.3 Å². The van der Waals surface area contributed by atoms with Crippen molar-refractivity contribution in [1.82, 2.24) is 0 Å². The molecule has 0 N–H and O–H groups in total. The normalized spacial score (nSPS) is 13.2. The molecule has 0 heterocycles. The number of methoxy groups -OCH3 is 1. The average molecular weight is 386 g/mol. The molecule has 0 radical (unpaired) electrons. The van der Waals surface area contributed by atoms with Crippen LogP contribution in [0, 0.1) is 20.8 Å². The minimum atomic E-state index is -0.300. The minimum absolute atomic E-state index is 0.0745. The summed E-state index contributed by atoms with van der Waals surface area (Å²) in [5.74, 6) is 0.754. The predicted molar refractivity (Wildman–Crippen MR) is 115 cm³/mol.